The Morgan fingerprint density at radius 1 is 1.50 bits per heavy atom. The summed E-state index contributed by atoms with van der Waals surface area (Å²) < 4.78 is 1.82. The van der Waals surface area contributed by atoms with Gasteiger partial charge in [0.2, 0.25) is 0 Å². The number of pyridine rings is 1. The van der Waals surface area contributed by atoms with Crippen LogP contribution in [0.3, 0.4) is 0 Å². The predicted molar refractivity (Wildman–Crippen MR) is 68.7 cm³/mol. The third-order valence-electron chi connectivity index (χ3n) is 2.39. The molecule has 0 unspecified atom stereocenters. The van der Waals surface area contributed by atoms with Gasteiger partial charge in [0.15, 0.2) is 0 Å². The Morgan fingerprint density at radius 2 is 2.28 bits per heavy atom. The van der Waals surface area contributed by atoms with Gasteiger partial charge in [-0.05, 0) is 30.7 Å². The van der Waals surface area contributed by atoms with E-state index in [1.165, 1.54) is 6.20 Å². The Morgan fingerprint density at radius 3 is 2.89 bits per heavy atom. The molecule has 2 aromatic heterocycles. The van der Waals surface area contributed by atoms with Crippen LogP contribution in [-0.2, 0) is 12.8 Å². The minimum absolute atomic E-state index is 0.0780. The summed E-state index contributed by atoms with van der Waals surface area (Å²) in [6, 6.07) is 5.42. The smallest absolute Gasteiger partial charge is 0.354 e. The van der Waals surface area contributed by atoms with Crippen molar-refractivity contribution in [2.24, 2.45) is 7.05 Å². The zero-order valence-corrected chi connectivity index (χ0v) is 10.9. The van der Waals surface area contributed by atoms with E-state index in [0.29, 0.717) is 5.75 Å². The maximum absolute atomic E-state index is 10.8. The number of carboxylic acid groups (broad SMARTS) is 1. The van der Waals surface area contributed by atoms with Crippen molar-refractivity contribution in [3.05, 3.63) is 41.3 Å². The third kappa shape index (κ3) is 2.89. The molecule has 5 nitrogen and oxygen atoms in total. The standard InChI is InChI=1S/C12H13N3O2S/c1-8-5-11(15(2)14-8)18-7-9-3-4-13-10(6-9)12(16)17/h3-6H,7H2,1-2H3,(H,16,17). The van der Waals surface area contributed by atoms with Crippen LogP contribution in [0.1, 0.15) is 21.7 Å². The first-order valence-electron chi connectivity index (χ1n) is 5.38. The van der Waals surface area contributed by atoms with Crippen LogP contribution < -0.4 is 0 Å². The maximum atomic E-state index is 10.8. The number of nitrogens with zero attached hydrogens (tertiary/aromatic N) is 3. The van der Waals surface area contributed by atoms with E-state index in [0.717, 1.165) is 16.3 Å². The summed E-state index contributed by atoms with van der Waals surface area (Å²) in [6.07, 6.45) is 1.52. The van der Waals surface area contributed by atoms with Gasteiger partial charge in [-0.25, -0.2) is 9.78 Å². The second-order valence-corrected chi connectivity index (χ2v) is 4.89. The first kappa shape index (κ1) is 12.6. The monoisotopic (exact) mass is 263 g/mol. The second kappa shape index (κ2) is 5.22. The Kier molecular flexibility index (Phi) is 3.66. The molecule has 0 spiro atoms. The lowest BCUT2D eigenvalue weighted by molar-refractivity contribution is 0.0690. The molecule has 2 heterocycles. The highest BCUT2D eigenvalue weighted by Crippen LogP contribution is 2.22. The molecular weight excluding hydrogens is 250 g/mol. The highest BCUT2D eigenvalue weighted by Gasteiger charge is 2.07. The van der Waals surface area contributed by atoms with Gasteiger partial charge in [0.05, 0.1) is 10.7 Å². The van der Waals surface area contributed by atoms with Crippen LogP contribution in [0.15, 0.2) is 29.4 Å². The number of aromatic carboxylic acids is 1. The zero-order chi connectivity index (χ0) is 13.1. The molecule has 0 aliphatic rings. The van der Waals surface area contributed by atoms with Crippen molar-refractivity contribution >= 4 is 17.7 Å². The molecule has 0 aromatic carbocycles. The molecule has 2 aromatic rings. The lowest BCUT2D eigenvalue weighted by Crippen LogP contribution is -2.00. The fraction of sp³-hybridized carbons (Fsp3) is 0.250. The average Bonchev–Trinajstić information content (AvgIpc) is 2.65. The second-order valence-electron chi connectivity index (χ2n) is 3.89. The number of aryl methyl sites for hydroxylation is 2. The van der Waals surface area contributed by atoms with Crippen LogP contribution in [-0.4, -0.2) is 25.8 Å². The van der Waals surface area contributed by atoms with Gasteiger partial charge in [0.1, 0.15) is 5.69 Å². The van der Waals surface area contributed by atoms with Gasteiger partial charge in [-0.2, -0.15) is 5.10 Å². The molecule has 94 valence electrons. The normalized spacial score (nSPS) is 10.6. The number of rotatable bonds is 4. The van der Waals surface area contributed by atoms with Crippen molar-refractivity contribution < 1.29 is 9.90 Å². The van der Waals surface area contributed by atoms with Crippen molar-refractivity contribution in [3.63, 3.8) is 0 Å². The third-order valence-corrected chi connectivity index (χ3v) is 3.54. The van der Waals surface area contributed by atoms with Crippen molar-refractivity contribution in [1.29, 1.82) is 0 Å². The summed E-state index contributed by atoms with van der Waals surface area (Å²) in [6.45, 7) is 1.94. The van der Waals surface area contributed by atoms with Gasteiger partial charge in [-0.3, -0.25) is 4.68 Å². The van der Waals surface area contributed by atoms with Crippen LogP contribution in [0.5, 0.6) is 0 Å². The van der Waals surface area contributed by atoms with Gasteiger partial charge in [-0.15, -0.1) is 11.8 Å². The predicted octanol–water partition coefficient (Wildman–Crippen LogP) is 2.11. The largest absolute Gasteiger partial charge is 0.477 e. The lowest BCUT2D eigenvalue weighted by Gasteiger charge is -2.02. The van der Waals surface area contributed by atoms with Crippen LogP contribution in [0.4, 0.5) is 0 Å². The summed E-state index contributed by atoms with van der Waals surface area (Å²) in [5.41, 5.74) is 1.99. The van der Waals surface area contributed by atoms with E-state index >= 15 is 0 Å². The Hall–Kier alpha value is -1.82. The first-order chi connectivity index (χ1) is 8.56. The molecule has 18 heavy (non-hydrogen) atoms. The van der Waals surface area contributed by atoms with E-state index in [2.05, 4.69) is 10.1 Å². The summed E-state index contributed by atoms with van der Waals surface area (Å²) in [4.78, 5) is 14.6. The molecule has 0 aliphatic heterocycles. The maximum Gasteiger partial charge on any atom is 0.354 e. The molecule has 0 saturated carbocycles. The fourth-order valence-corrected chi connectivity index (χ4v) is 2.54. The molecule has 6 heteroatoms. The van der Waals surface area contributed by atoms with Gasteiger partial charge in [0.25, 0.3) is 0 Å². The van der Waals surface area contributed by atoms with Crippen LogP contribution in [0.2, 0.25) is 0 Å². The Balaban J connectivity index is 2.08. The summed E-state index contributed by atoms with van der Waals surface area (Å²) in [5.74, 6) is -0.305. The van der Waals surface area contributed by atoms with E-state index in [4.69, 9.17) is 5.11 Å². The number of carboxylic acids is 1. The minimum atomic E-state index is -1.00. The fourth-order valence-electron chi connectivity index (χ4n) is 1.56. The lowest BCUT2D eigenvalue weighted by atomic mass is 10.2. The molecule has 1 N–H and O–H groups in total. The van der Waals surface area contributed by atoms with Crippen molar-refractivity contribution in [2.75, 3.05) is 0 Å². The summed E-state index contributed by atoms with van der Waals surface area (Å²) >= 11 is 1.62. The SMILES string of the molecule is Cc1cc(SCc2ccnc(C(=O)O)c2)n(C)n1. The van der Waals surface area contributed by atoms with E-state index in [9.17, 15) is 4.79 Å². The molecular formula is C12H13N3O2S. The quantitative estimate of drug-likeness (QED) is 0.856. The number of thioether (sulfide) groups is 1. The molecule has 0 atom stereocenters. The first-order valence-corrected chi connectivity index (χ1v) is 6.36. The molecule has 0 amide bonds. The molecule has 0 fully saturated rings. The van der Waals surface area contributed by atoms with Gasteiger partial charge in [0, 0.05) is 19.0 Å². The van der Waals surface area contributed by atoms with Crippen molar-refractivity contribution in [1.82, 2.24) is 14.8 Å². The highest BCUT2D eigenvalue weighted by molar-refractivity contribution is 7.98. The summed E-state index contributed by atoms with van der Waals surface area (Å²) in [5, 5.41) is 14.2. The van der Waals surface area contributed by atoms with Crippen LogP contribution >= 0.6 is 11.8 Å². The van der Waals surface area contributed by atoms with E-state index in [-0.39, 0.29) is 5.69 Å². The van der Waals surface area contributed by atoms with Crippen LogP contribution in [0, 0.1) is 6.92 Å². The molecule has 0 aliphatic carbocycles. The Bertz CT molecular complexity index is 580. The zero-order valence-electron chi connectivity index (χ0n) is 10.1. The molecule has 0 radical (unpaired) electrons. The van der Waals surface area contributed by atoms with E-state index < -0.39 is 5.97 Å². The van der Waals surface area contributed by atoms with Crippen molar-refractivity contribution in [2.45, 2.75) is 17.7 Å². The van der Waals surface area contributed by atoms with Gasteiger partial charge < -0.3 is 5.11 Å². The minimum Gasteiger partial charge on any atom is -0.477 e. The molecule has 0 saturated heterocycles. The number of carbonyl (C=O) groups is 1. The highest BCUT2D eigenvalue weighted by atomic mass is 32.2. The number of hydrogen-bond donors (Lipinski definition) is 1. The van der Waals surface area contributed by atoms with Crippen LogP contribution in [0.25, 0.3) is 0 Å². The summed E-state index contributed by atoms with van der Waals surface area (Å²) in [7, 11) is 1.89. The average molecular weight is 263 g/mol. The number of aromatic nitrogens is 3. The Labute approximate surface area is 109 Å². The van der Waals surface area contributed by atoms with E-state index in [1.807, 2.05) is 30.8 Å². The van der Waals surface area contributed by atoms with Gasteiger partial charge >= 0.3 is 5.97 Å². The van der Waals surface area contributed by atoms with Gasteiger partial charge in [-0.1, -0.05) is 0 Å². The molecule has 0 bridgehead atoms. The number of hydrogen-bond acceptors (Lipinski definition) is 4. The van der Waals surface area contributed by atoms with E-state index in [1.54, 1.807) is 17.8 Å². The molecule has 2 rings (SSSR count). The van der Waals surface area contributed by atoms with Crippen molar-refractivity contribution in [3.8, 4) is 0 Å². The topological polar surface area (TPSA) is 68.0 Å².